The molecule has 11 heavy (non-hydrogen) atoms. The van der Waals surface area contributed by atoms with E-state index >= 15 is 0 Å². The highest BCUT2D eigenvalue weighted by Crippen LogP contribution is 2.18. The van der Waals surface area contributed by atoms with Gasteiger partial charge in [-0.3, -0.25) is 0 Å². The first kappa shape index (κ1) is 7.45. The molecule has 0 aromatic carbocycles. The van der Waals surface area contributed by atoms with Crippen molar-refractivity contribution in [3.8, 4) is 0 Å². The van der Waals surface area contributed by atoms with E-state index in [0.29, 0.717) is 0 Å². The molecular weight excluding hydrogens is 150 g/mol. The van der Waals surface area contributed by atoms with Crippen LogP contribution in [0.2, 0.25) is 0 Å². The van der Waals surface area contributed by atoms with Crippen molar-refractivity contribution in [1.29, 1.82) is 0 Å². The number of rotatable bonds is 1. The number of hydrogen-bond acceptors (Lipinski definition) is 5. The predicted molar refractivity (Wildman–Crippen MR) is 36.6 cm³/mol. The van der Waals surface area contributed by atoms with Gasteiger partial charge in [0.1, 0.15) is 6.10 Å². The fraction of sp³-hybridized carbons (Fsp3) is 1.00. The Bertz CT molecular complexity index is 166. The van der Waals surface area contributed by atoms with Gasteiger partial charge in [0, 0.05) is 20.4 Å². The molecule has 0 aromatic rings. The monoisotopic (exact) mass is 164 g/mol. The Morgan fingerprint density at radius 1 is 1.64 bits per heavy atom. The van der Waals surface area contributed by atoms with Gasteiger partial charge in [-0.05, 0) is 0 Å². The van der Waals surface area contributed by atoms with Gasteiger partial charge in [0.2, 0.25) is 5.79 Å². The Labute approximate surface area is 65.7 Å². The zero-order valence-electron chi connectivity index (χ0n) is 6.94. The fourth-order valence-corrected chi connectivity index (χ4v) is 1.07. The summed E-state index contributed by atoms with van der Waals surface area (Å²) in [6.45, 7) is -1.48. The first-order chi connectivity index (χ1) is 5.50. The molecule has 5 heteroatoms. The normalized spacial score (nSPS) is 45.1. The minimum Gasteiger partial charge on any atom is -0.396 e. The summed E-state index contributed by atoms with van der Waals surface area (Å²) in [6, 6.07) is 0. The summed E-state index contributed by atoms with van der Waals surface area (Å²) in [5, 5.41) is 38.7. The molecule has 0 saturated carbocycles. The average molecular weight is 164 g/mol. The molecule has 0 spiro atoms. The van der Waals surface area contributed by atoms with Crippen molar-refractivity contribution in [2.45, 2.75) is 11.9 Å². The first-order valence-corrected chi connectivity index (χ1v) is 3.39. The van der Waals surface area contributed by atoms with E-state index < -0.39 is 24.3 Å². The topological polar surface area (TPSA) is 93.0 Å². The summed E-state index contributed by atoms with van der Waals surface area (Å²) < 4.78 is 7.12. The van der Waals surface area contributed by atoms with E-state index in [1.807, 2.05) is 0 Å². The van der Waals surface area contributed by atoms with Gasteiger partial charge in [-0.25, -0.2) is 0 Å². The maximum Gasteiger partial charge on any atom is 0.202 e. The van der Waals surface area contributed by atoms with Crippen molar-refractivity contribution in [3.05, 3.63) is 0 Å². The summed E-state index contributed by atoms with van der Waals surface area (Å²) in [7, 11) is 0. The minimum absolute atomic E-state index is 0.203. The van der Waals surface area contributed by atoms with Gasteiger partial charge in [0.15, 0.2) is 0 Å². The maximum atomic E-state index is 9.25. The van der Waals surface area contributed by atoms with E-state index in [-0.39, 0.29) is 13.2 Å². The lowest BCUT2D eigenvalue weighted by molar-refractivity contribution is -0.248. The lowest BCUT2D eigenvalue weighted by atomic mass is 9.92. The number of aliphatic hydroxyl groups excluding tert-OH is 2. The Balaban J connectivity index is 2.71. The zero-order chi connectivity index (χ0) is 9.35. The van der Waals surface area contributed by atoms with Crippen molar-refractivity contribution in [2.24, 2.45) is 5.92 Å². The Morgan fingerprint density at radius 2 is 2.27 bits per heavy atom. The van der Waals surface area contributed by atoms with Gasteiger partial charge < -0.3 is 25.7 Å². The van der Waals surface area contributed by atoms with Crippen LogP contribution in [0, 0.1) is 5.92 Å². The fourth-order valence-electron chi connectivity index (χ4n) is 1.07. The van der Waals surface area contributed by atoms with Gasteiger partial charge in [0.05, 0.1) is 6.52 Å². The largest absolute Gasteiger partial charge is 0.396 e. The van der Waals surface area contributed by atoms with E-state index in [0.717, 1.165) is 0 Å². The molecule has 0 aliphatic carbocycles. The second-order valence-corrected chi connectivity index (χ2v) is 2.72. The number of aliphatic hydroxyl groups is 4. The standard InChI is InChI=1S/C6H13NO4/c8-2-4-1-7-3-6(10,11)5(4)9/h4-5,7-11H,1-3H2/t4-,5-/m1/s1/i3D/t3?,4-,5-. The van der Waals surface area contributed by atoms with Crippen LogP contribution in [-0.2, 0) is 0 Å². The van der Waals surface area contributed by atoms with Crippen LogP contribution in [0.1, 0.15) is 1.37 Å². The summed E-state index contributed by atoms with van der Waals surface area (Å²) in [5.41, 5.74) is 0. The lowest BCUT2D eigenvalue weighted by Crippen LogP contribution is -2.60. The summed E-state index contributed by atoms with van der Waals surface area (Å²) in [5.74, 6) is -3.12. The molecule has 5 nitrogen and oxygen atoms in total. The third kappa shape index (κ3) is 1.69. The van der Waals surface area contributed by atoms with Crippen molar-refractivity contribution < 1.29 is 21.8 Å². The highest BCUT2D eigenvalue weighted by molar-refractivity contribution is 4.88. The summed E-state index contributed by atoms with van der Waals surface area (Å²) in [4.78, 5) is 0. The molecule has 0 bridgehead atoms. The number of piperidine rings is 1. The Kier molecular flexibility index (Phi) is 2.06. The quantitative estimate of drug-likeness (QED) is 0.271. The van der Waals surface area contributed by atoms with Crippen molar-refractivity contribution in [2.75, 3.05) is 19.7 Å². The molecule has 1 aliphatic rings. The minimum atomic E-state index is -2.48. The number of nitrogens with one attached hydrogen (secondary N) is 1. The second kappa shape index (κ2) is 3.04. The van der Waals surface area contributed by atoms with Crippen LogP contribution in [-0.4, -0.2) is 52.0 Å². The highest BCUT2D eigenvalue weighted by Gasteiger charge is 2.41. The molecule has 1 aliphatic heterocycles. The smallest absolute Gasteiger partial charge is 0.202 e. The molecule has 0 amide bonds. The molecule has 66 valence electrons. The van der Waals surface area contributed by atoms with Crippen LogP contribution in [0.15, 0.2) is 0 Å². The van der Waals surface area contributed by atoms with E-state index in [1.54, 1.807) is 0 Å². The third-order valence-corrected chi connectivity index (χ3v) is 1.81. The van der Waals surface area contributed by atoms with Gasteiger partial charge in [-0.15, -0.1) is 0 Å². The molecule has 0 aromatic heterocycles. The second-order valence-electron chi connectivity index (χ2n) is 2.72. The molecule has 5 N–H and O–H groups in total. The molecular formula is C6H13NO4. The molecule has 1 heterocycles. The molecule has 1 rings (SSSR count). The van der Waals surface area contributed by atoms with E-state index in [9.17, 15) is 5.11 Å². The van der Waals surface area contributed by atoms with Crippen LogP contribution in [0.5, 0.6) is 0 Å². The summed E-state index contributed by atoms with van der Waals surface area (Å²) in [6.07, 6.45) is -1.48. The molecule has 0 radical (unpaired) electrons. The predicted octanol–water partition coefficient (Wildman–Crippen LogP) is -2.76. The average Bonchev–Trinajstić information content (AvgIpc) is 2.02. The van der Waals surface area contributed by atoms with Crippen LogP contribution < -0.4 is 5.32 Å². The van der Waals surface area contributed by atoms with Gasteiger partial charge in [0.25, 0.3) is 0 Å². The SMILES string of the molecule is [2H]C1NC[C@H](CO)[C@@H](O)C1(O)O. The van der Waals surface area contributed by atoms with Gasteiger partial charge >= 0.3 is 0 Å². The number of β-amino-alcohol motifs (C(OH)–C–C–N with tert-alkyl or cyclic N) is 2. The maximum absolute atomic E-state index is 9.25. The van der Waals surface area contributed by atoms with E-state index in [4.69, 9.17) is 16.7 Å². The molecule has 1 fully saturated rings. The van der Waals surface area contributed by atoms with Crippen LogP contribution >= 0.6 is 0 Å². The highest BCUT2D eigenvalue weighted by atomic mass is 16.5. The van der Waals surface area contributed by atoms with Crippen LogP contribution in [0.4, 0.5) is 0 Å². The summed E-state index contributed by atoms with van der Waals surface area (Å²) >= 11 is 0. The van der Waals surface area contributed by atoms with Gasteiger partial charge in [-0.2, -0.15) is 0 Å². The van der Waals surface area contributed by atoms with E-state index in [2.05, 4.69) is 5.32 Å². The van der Waals surface area contributed by atoms with Gasteiger partial charge in [-0.1, -0.05) is 0 Å². The van der Waals surface area contributed by atoms with Crippen LogP contribution in [0.25, 0.3) is 0 Å². The molecule has 3 atom stereocenters. The Morgan fingerprint density at radius 3 is 2.82 bits per heavy atom. The zero-order valence-corrected chi connectivity index (χ0v) is 5.94. The first-order valence-electron chi connectivity index (χ1n) is 3.97. The Hall–Kier alpha value is -0.200. The van der Waals surface area contributed by atoms with Crippen LogP contribution in [0.3, 0.4) is 0 Å². The molecule has 1 unspecified atom stereocenters. The van der Waals surface area contributed by atoms with Crippen molar-refractivity contribution in [1.82, 2.24) is 5.32 Å². The molecule has 1 saturated heterocycles. The van der Waals surface area contributed by atoms with E-state index in [1.165, 1.54) is 0 Å². The third-order valence-electron chi connectivity index (χ3n) is 1.81. The lowest BCUT2D eigenvalue weighted by Gasteiger charge is -2.37. The number of hydrogen-bond donors (Lipinski definition) is 5. The van der Waals surface area contributed by atoms with Crippen molar-refractivity contribution >= 4 is 0 Å². The van der Waals surface area contributed by atoms with Crippen molar-refractivity contribution in [3.63, 3.8) is 0 Å².